The number of rotatable bonds is 7. The van der Waals surface area contributed by atoms with E-state index in [4.69, 9.17) is 0 Å². The molecule has 0 unspecified atom stereocenters. The van der Waals surface area contributed by atoms with Gasteiger partial charge in [0.15, 0.2) is 0 Å². The zero-order valence-electron chi connectivity index (χ0n) is 12.4. The largest absolute Gasteiger partial charge is 0.481 e. The van der Waals surface area contributed by atoms with Crippen molar-refractivity contribution in [1.29, 1.82) is 0 Å². The average molecular weight is 263 g/mol. The van der Waals surface area contributed by atoms with Gasteiger partial charge in [0.1, 0.15) is 0 Å². The van der Waals surface area contributed by atoms with Crippen molar-refractivity contribution in [2.45, 2.75) is 47.1 Å². The van der Waals surface area contributed by atoms with E-state index in [-0.39, 0.29) is 0 Å². The lowest BCUT2D eigenvalue weighted by Crippen LogP contribution is -2.40. The van der Waals surface area contributed by atoms with Crippen LogP contribution in [0.3, 0.4) is 0 Å². The number of carbonyl (C=O) groups is 1. The Bertz CT molecular complexity index is 416. The molecule has 106 valence electrons. The van der Waals surface area contributed by atoms with Crippen molar-refractivity contribution in [2.24, 2.45) is 5.41 Å². The van der Waals surface area contributed by atoms with E-state index >= 15 is 0 Å². The first-order valence-corrected chi connectivity index (χ1v) is 6.96. The molecule has 1 aromatic rings. The van der Waals surface area contributed by atoms with E-state index in [1.807, 2.05) is 19.9 Å². The number of benzene rings is 1. The predicted octanol–water partition coefficient (Wildman–Crippen LogP) is 3.28. The number of hydrogen-bond acceptors (Lipinski definition) is 2. The number of carboxylic acid groups (broad SMARTS) is 1. The van der Waals surface area contributed by atoms with E-state index in [0.29, 0.717) is 19.4 Å². The maximum absolute atomic E-state index is 11.4. The molecule has 0 aliphatic carbocycles. The van der Waals surface area contributed by atoms with Crippen LogP contribution in [0, 0.1) is 19.3 Å². The quantitative estimate of drug-likeness (QED) is 0.793. The third-order valence-corrected chi connectivity index (χ3v) is 4.22. The molecule has 0 saturated carbocycles. The van der Waals surface area contributed by atoms with E-state index in [2.05, 4.69) is 31.3 Å². The minimum Gasteiger partial charge on any atom is -0.481 e. The Morgan fingerprint density at radius 1 is 1.21 bits per heavy atom. The van der Waals surface area contributed by atoms with Crippen LogP contribution in [0.1, 0.15) is 43.4 Å². The van der Waals surface area contributed by atoms with Crippen LogP contribution in [0.25, 0.3) is 0 Å². The molecule has 0 heterocycles. The Labute approximate surface area is 116 Å². The lowest BCUT2D eigenvalue weighted by molar-refractivity contribution is -0.149. The monoisotopic (exact) mass is 263 g/mol. The van der Waals surface area contributed by atoms with Gasteiger partial charge < -0.3 is 10.4 Å². The number of carboxylic acids is 1. The minimum absolute atomic E-state index is 0.517. The second-order valence-corrected chi connectivity index (χ2v) is 5.27. The Morgan fingerprint density at radius 3 is 2.16 bits per heavy atom. The maximum Gasteiger partial charge on any atom is 0.310 e. The van der Waals surface area contributed by atoms with Crippen LogP contribution >= 0.6 is 0 Å². The van der Waals surface area contributed by atoms with Gasteiger partial charge in [-0.1, -0.05) is 32.0 Å². The zero-order valence-corrected chi connectivity index (χ0v) is 12.4. The first kappa shape index (κ1) is 15.7. The van der Waals surface area contributed by atoms with E-state index in [1.165, 1.54) is 16.7 Å². The van der Waals surface area contributed by atoms with Crippen molar-refractivity contribution < 1.29 is 9.90 Å². The molecule has 0 aliphatic rings. The van der Waals surface area contributed by atoms with E-state index in [9.17, 15) is 9.90 Å². The summed E-state index contributed by atoms with van der Waals surface area (Å²) in [6.45, 7) is 9.31. The molecule has 3 nitrogen and oxygen atoms in total. The first-order chi connectivity index (χ1) is 8.96. The van der Waals surface area contributed by atoms with Gasteiger partial charge in [-0.05, 0) is 43.4 Å². The highest BCUT2D eigenvalue weighted by Gasteiger charge is 2.34. The number of nitrogens with one attached hydrogen (secondary N) is 1. The van der Waals surface area contributed by atoms with Crippen molar-refractivity contribution in [3.05, 3.63) is 34.9 Å². The summed E-state index contributed by atoms with van der Waals surface area (Å²) < 4.78 is 0. The molecule has 2 N–H and O–H groups in total. The molecular weight excluding hydrogens is 238 g/mol. The van der Waals surface area contributed by atoms with Gasteiger partial charge in [-0.3, -0.25) is 4.79 Å². The van der Waals surface area contributed by atoms with E-state index in [0.717, 1.165) is 6.54 Å². The highest BCUT2D eigenvalue weighted by Crippen LogP contribution is 2.26. The number of aliphatic carboxylic acids is 1. The van der Waals surface area contributed by atoms with Crippen LogP contribution in [0.4, 0.5) is 0 Å². The minimum atomic E-state index is -0.702. The second kappa shape index (κ2) is 6.71. The van der Waals surface area contributed by atoms with Crippen LogP contribution in [-0.2, 0) is 11.3 Å². The summed E-state index contributed by atoms with van der Waals surface area (Å²) in [5.74, 6) is -0.702. The standard InChI is InChI=1S/C16H25NO2/c1-5-16(6-2,15(18)19)11-17-10-14-12(3)8-7-9-13(14)4/h7-9,17H,5-6,10-11H2,1-4H3,(H,18,19). The number of hydrogen-bond donors (Lipinski definition) is 2. The summed E-state index contributed by atoms with van der Waals surface area (Å²) >= 11 is 0. The molecule has 19 heavy (non-hydrogen) atoms. The van der Waals surface area contributed by atoms with E-state index in [1.54, 1.807) is 0 Å². The van der Waals surface area contributed by atoms with Gasteiger partial charge >= 0.3 is 5.97 Å². The van der Waals surface area contributed by atoms with Gasteiger partial charge in [-0.2, -0.15) is 0 Å². The smallest absolute Gasteiger partial charge is 0.310 e. The molecule has 0 fully saturated rings. The SMILES string of the molecule is CCC(CC)(CNCc1c(C)cccc1C)C(=O)O. The normalized spacial score (nSPS) is 11.6. The van der Waals surface area contributed by atoms with Crippen LogP contribution in [0.5, 0.6) is 0 Å². The Balaban J connectivity index is 2.70. The third-order valence-electron chi connectivity index (χ3n) is 4.22. The molecule has 0 aromatic heterocycles. The molecule has 0 radical (unpaired) electrons. The van der Waals surface area contributed by atoms with Crippen molar-refractivity contribution in [1.82, 2.24) is 5.32 Å². The topological polar surface area (TPSA) is 49.3 Å². The third kappa shape index (κ3) is 3.57. The number of aryl methyl sites for hydroxylation is 2. The molecule has 1 aromatic carbocycles. The van der Waals surface area contributed by atoms with Gasteiger partial charge in [-0.15, -0.1) is 0 Å². The Hall–Kier alpha value is -1.35. The van der Waals surface area contributed by atoms with Gasteiger partial charge in [0, 0.05) is 13.1 Å². The fourth-order valence-electron chi connectivity index (χ4n) is 2.43. The molecular formula is C16H25NO2. The van der Waals surface area contributed by atoms with Crippen molar-refractivity contribution >= 4 is 5.97 Å². The fraction of sp³-hybridized carbons (Fsp3) is 0.562. The van der Waals surface area contributed by atoms with Gasteiger partial charge in [0.2, 0.25) is 0 Å². The summed E-state index contributed by atoms with van der Waals surface area (Å²) in [6, 6.07) is 6.23. The second-order valence-electron chi connectivity index (χ2n) is 5.27. The van der Waals surface area contributed by atoms with Crippen LogP contribution in [0.2, 0.25) is 0 Å². The van der Waals surface area contributed by atoms with Crippen molar-refractivity contribution in [2.75, 3.05) is 6.54 Å². The molecule has 0 bridgehead atoms. The summed E-state index contributed by atoms with van der Waals surface area (Å²) in [6.07, 6.45) is 1.30. The van der Waals surface area contributed by atoms with Crippen molar-refractivity contribution in [3.8, 4) is 0 Å². The lowest BCUT2D eigenvalue weighted by atomic mass is 9.82. The Morgan fingerprint density at radius 2 is 1.74 bits per heavy atom. The van der Waals surface area contributed by atoms with Gasteiger partial charge in [-0.25, -0.2) is 0 Å². The van der Waals surface area contributed by atoms with E-state index < -0.39 is 11.4 Å². The van der Waals surface area contributed by atoms with Crippen LogP contribution in [0.15, 0.2) is 18.2 Å². The van der Waals surface area contributed by atoms with Gasteiger partial charge in [0.25, 0.3) is 0 Å². The first-order valence-electron chi connectivity index (χ1n) is 6.96. The predicted molar refractivity (Wildman–Crippen MR) is 78.3 cm³/mol. The average Bonchev–Trinajstić information content (AvgIpc) is 2.38. The summed E-state index contributed by atoms with van der Waals surface area (Å²) in [5, 5.41) is 12.7. The molecule has 0 aliphatic heterocycles. The summed E-state index contributed by atoms with van der Waals surface area (Å²) in [5.41, 5.74) is 3.13. The van der Waals surface area contributed by atoms with Gasteiger partial charge in [0.05, 0.1) is 5.41 Å². The Kier molecular flexibility index (Phi) is 5.55. The molecule has 0 amide bonds. The van der Waals surface area contributed by atoms with Crippen molar-refractivity contribution in [3.63, 3.8) is 0 Å². The fourth-order valence-corrected chi connectivity index (χ4v) is 2.43. The molecule has 0 spiro atoms. The van der Waals surface area contributed by atoms with Crippen LogP contribution < -0.4 is 5.32 Å². The summed E-state index contributed by atoms with van der Waals surface area (Å²) in [4.78, 5) is 11.4. The van der Waals surface area contributed by atoms with Crippen LogP contribution in [-0.4, -0.2) is 17.6 Å². The summed E-state index contributed by atoms with van der Waals surface area (Å²) in [7, 11) is 0. The molecule has 3 heteroatoms. The molecule has 0 saturated heterocycles. The zero-order chi connectivity index (χ0) is 14.5. The lowest BCUT2D eigenvalue weighted by Gasteiger charge is -2.27. The molecule has 0 atom stereocenters. The maximum atomic E-state index is 11.4. The highest BCUT2D eigenvalue weighted by molar-refractivity contribution is 5.74. The molecule has 1 rings (SSSR count). The highest BCUT2D eigenvalue weighted by atomic mass is 16.4.